The molecule has 8 heteroatoms. The minimum Gasteiger partial charge on any atom is -0.497 e. The van der Waals surface area contributed by atoms with Gasteiger partial charge in [-0.25, -0.2) is 4.79 Å². The number of aromatic amines is 1. The third-order valence-electron chi connectivity index (χ3n) is 3.32. The summed E-state index contributed by atoms with van der Waals surface area (Å²) < 4.78 is 9.80. The summed E-state index contributed by atoms with van der Waals surface area (Å²) in [5, 5.41) is 18.6. The van der Waals surface area contributed by atoms with Gasteiger partial charge in [0.25, 0.3) is 5.56 Å². The van der Waals surface area contributed by atoms with Gasteiger partial charge in [-0.3, -0.25) is 4.79 Å². The number of methoxy groups -OCH3 is 2. The molecule has 1 heterocycles. The molecule has 0 atom stereocenters. The molecule has 0 spiro atoms. The third-order valence-corrected chi connectivity index (χ3v) is 3.32. The van der Waals surface area contributed by atoms with Crippen molar-refractivity contribution in [2.45, 2.75) is 0 Å². The van der Waals surface area contributed by atoms with Gasteiger partial charge in [0.1, 0.15) is 34.8 Å². The Morgan fingerprint density at radius 1 is 1.17 bits per heavy atom. The number of carbonyl (C=O) groups excluding carboxylic acids is 1. The van der Waals surface area contributed by atoms with E-state index in [1.54, 1.807) is 6.07 Å². The van der Waals surface area contributed by atoms with Gasteiger partial charge in [0.2, 0.25) is 0 Å². The Kier molecular flexibility index (Phi) is 4.52. The number of ether oxygens (including phenoxy) is 2. The van der Waals surface area contributed by atoms with Crippen LogP contribution in [0.1, 0.15) is 21.5 Å². The molecule has 0 aliphatic heterocycles. The lowest BCUT2D eigenvalue weighted by molar-refractivity contribution is 0.0600. The van der Waals surface area contributed by atoms with Crippen molar-refractivity contribution in [1.29, 1.82) is 10.5 Å². The number of hydrogen-bond acceptors (Lipinski definition) is 7. The fourth-order valence-corrected chi connectivity index (χ4v) is 2.23. The quantitative estimate of drug-likeness (QED) is 0.806. The maximum Gasteiger partial charge on any atom is 0.338 e. The Balaban J connectivity index is 2.91. The van der Waals surface area contributed by atoms with Gasteiger partial charge in [-0.15, -0.1) is 0 Å². The highest BCUT2D eigenvalue weighted by Gasteiger charge is 2.20. The van der Waals surface area contributed by atoms with Gasteiger partial charge in [0, 0.05) is 5.56 Å². The molecule has 0 unspecified atom stereocenters. The second-order valence-corrected chi connectivity index (χ2v) is 4.66. The second-order valence-electron chi connectivity index (χ2n) is 4.66. The normalized spacial score (nSPS) is 9.67. The predicted molar refractivity (Wildman–Crippen MR) is 84.2 cm³/mol. The minimum absolute atomic E-state index is 0.0327. The standard InChI is InChI=1S/C16H12N4O4/c1-23-10-4-8(3-9(5-10)16(22)24-2)13-11(6-17)14(19)20-15(21)12(13)7-18/h3-5H,1-2H3,(H3,19,20,21). The molecule has 3 N–H and O–H groups in total. The van der Waals surface area contributed by atoms with E-state index in [0.29, 0.717) is 5.75 Å². The van der Waals surface area contributed by atoms with Crippen molar-refractivity contribution in [2.75, 3.05) is 20.0 Å². The molecular formula is C16H12N4O4. The first-order chi connectivity index (χ1) is 11.5. The van der Waals surface area contributed by atoms with Crippen LogP contribution in [0, 0.1) is 22.7 Å². The van der Waals surface area contributed by atoms with E-state index in [-0.39, 0.29) is 33.6 Å². The zero-order chi connectivity index (χ0) is 17.9. The van der Waals surface area contributed by atoms with Gasteiger partial charge in [-0.1, -0.05) is 0 Å². The molecule has 1 aromatic heterocycles. The summed E-state index contributed by atoms with van der Waals surface area (Å²) in [6.07, 6.45) is 0. The number of anilines is 1. The number of nitrogens with zero attached hydrogens (tertiary/aromatic N) is 2. The van der Waals surface area contributed by atoms with Gasteiger partial charge >= 0.3 is 5.97 Å². The monoisotopic (exact) mass is 324 g/mol. The Morgan fingerprint density at radius 2 is 1.83 bits per heavy atom. The highest BCUT2D eigenvalue weighted by Crippen LogP contribution is 2.31. The van der Waals surface area contributed by atoms with E-state index < -0.39 is 11.5 Å². The van der Waals surface area contributed by atoms with Gasteiger partial charge in [0.15, 0.2) is 0 Å². The molecule has 2 rings (SSSR count). The topological polar surface area (TPSA) is 142 Å². The molecule has 1 aromatic carbocycles. The van der Waals surface area contributed by atoms with Crippen LogP contribution in [0.4, 0.5) is 5.82 Å². The lowest BCUT2D eigenvalue weighted by Crippen LogP contribution is -2.16. The van der Waals surface area contributed by atoms with E-state index in [9.17, 15) is 20.1 Å². The molecule has 0 saturated carbocycles. The first-order valence-corrected chi connectivity index (χ1v) is 6.60. The maximum atomic E-state index is 12.0. The van der Waals surface area contributed by atoms with Crippen LogP contribution in [0.2, 0.25) is 0 Å². The largest absolute Gasteiger partial charge is 0.497 e. The van der Waals surface area contributed by atoms with Crippen molar-refractivity contribution >= 4 is 11.8 Å². The number of nitrogens with one attached hydrogen (secondary N) is 1. The average Bonchev–Trinajstić information content (AvgIpc) is 2.59. The molecule has 2 aromatic rings. The van der Waals surface area contributed by atoms with E-state index >= 15 is 0 Å². The summed E-state index contributed by atoms with van der Waals surface area (Å²) in [4.78, 5) is 26.0. The van der Waals surface area contributed by atoms with Crippen LogP contribution < -0.4 is 16.0 Å². The van der Waals surface area contributed by atoms with Crippen LogP contribution in [0.25, 0.3) is 11.1 Å². The lowest BCUT2D eigenvalue weighted by atomic mass is 9.95. The molecule has 0 amide bonds. The number of H-pyrrole nitrogens is 1. The number of pyridine rings is 1. The molecule has 0 aliphatic rings. The summed E-state index contributed by atoms with van der Waals surface area (Å²) >= 11 is 0. The second kappa shape index (κ2) is 6.55. The fourth-order valence-electron chi connectivity index (χ4n) is 2.23. The summed E-state index contributed by atoms with van der Waals surface area (Å²) in [5.41, 5.74) is 5.02. The van der Waals surface area contributed by atoms with Crippen LogP contribution in [-0.2, 0) is 4.74 Å². The number of hydrogen-bond donors (Lipinski definition) is 2. The van der Waals surface area contributed by atoms with E-state index in [0.717, 1.165) is 0 Å². The number of benzene rings is 1. The summed E-state index contributed by atoms with van der Waals surface area (Å²) in [7, 11) is 2.61. The Labute approximate surface area is 136 Å². The van der Waals surface area contributed by atoms with Crippen LogP contribution in [-0.4, -0.2) is 25.2 Å². The van der Waals surface area contributed by atoms with Crippen LogP contribution in [0.3, 0.4) is 0 Å². The molecule has 120 valence electrons. The van der Waals surface area contributed by atoms with Crippen molar-refractivity contribution in [1.82, 2.24) is 4.98 Å². The Hall–Kier alpha value is -3.78. The third kappa shape index (κ3) is 2.76. The molecule has 0 bridgehead atoms. The number of nitrogens with two attached hydrogens (primary N) is 1. The number of aromatic nitrogens is 1. The smallest absolute Gasteiger partial charge is 0.338 e. The first kappa shape index (κ1) is 16.6. The van der Waals surface area contributed by atoms with Gasteiger partial charge in [-0.2, -0.15) is 10.5 Å². The van der Waals surface area contributed by atoms with Gasteiger partial charge < -0.3 is 20.2 Å². The van der Waals surface area contributed by atoms with Crippen molar-refractivity contribution in [3.05, 3.63) is 45.2 Å². The highest BCUT2D eigenvalue weighted by molar-refractivity contribution is 5.93. The van der Waals surface area contributed by atoms with Gasteiger partial charge in [-0.05, 0) is 23.8 Å². The summed E-state index contributed by atoms with van der Waals surface area (Å²) in [6, 6.07) is 7.93. The number of carbonyl (C=O) groups is 1. The van der Waals surface area contributed by atoms with E-state index in [1.165, 1.54) is 32.4 Å². The molecule has 0 fully saturated rings. The zero-order valence-corrected chi connectivity index (χ0v) is 12.8. The molecule has 0 saturated heterocycles. The summed E-state index contributed by atoms with van der Waals surface area (Å²) in [5.74, 6) is -0.511. The van der Waals surface area contributed by atoms with Crippen molar-refractivity contribution in [2.24, 2.45) is 0 Å². The Bertz CT molecular complexity index is 964. The lowest BCUT2D eigenvalue weighted by Gasteiger charge is -2.12. The number of nitrogen functional groups attached to an aromatic ring is 1. The van der Waals surface area contributed by atoms with Crippen molar-refractivity contribution in [3.63, 3.8) is 0 Å². The molecule has 8 nitrogen and oxygen atoms in total. The number of nitriles is 2. The van der Waals surface area contributed by atoms with Crippen molar-refractivity contribution < 1.29 is 14.3 Å². The zero-order valence-electron chi connectivity index (χ0n) is 12.8. The summed E-state index contributed by atoms with van der Waals surface area (Å²) in [6.45, 7) is 0. The molecular weight excluding hydrogens is 312 g/mol. The predicted octanol–water partition coefficient (Wildman–Crippen LogP) is 1.16. The van der Waals surface area contributed by atoms with E-state index in [4.69, 9.17) is 10.5 Å². The van der Waals surface area contributed by atoms with Gasteiger partial charge in [0.05, 0.1) is 19.8 Å². The highest BCUT2D eigenvalue weighted by atomic mass is 16.5. The van der Waals surface area contributed by atoms with Crippen LogP contribution in [0.5, 0.6) is 5.75 Å². The molecule has 0 aliphatic carbocycles. The average molecular weight is 324 g/mol. The SMILES string of the molecule is COC(=O)c1cc(OC)cc(-c2c(C#N)c(N)[nH]c(=O)c2C#N)c1. The first-order valence-electron chi connectivity index (χ1n) is 6.60. The Morgan fingerprint density at radius 3 is 2.38 bits per heavy atom. The molecule has 0 radical (unpaired) electrons. The number of esters is 1. The van der Waals surface area contributed by atoms with Crippen molar-refractivity contribution in [3.8, 4) is 29.0 Å². The molecule has 24 heavy (non-hydrogen) atoms. The van der Waals surface area contributed by atoms with E-state index in [2.05, 4.69) is 9.72 Å². The van der Waals surface area contributed by atoms with E-state index in [1.807, 2.05) is 6.07 Å². The minimum atomic E-state index is -0.730. The number of rotatable bonds is 3. The van der Waals surface area contributed by atoms with Crippen LogP contribution >= 0.6 is 0 Å². The fraction of sp³-hybridized carbons (Fsp3) is 0.125. The maximum absolute atomic E-state index is 12.0. The van der Waals surface area contributed by atoms with Crippen LogP contribution in [0.15, 0.2) is 23.0 Å².